The van der Waals surface area contributed by atoms with Crippen LogP contribution in [0.2, 0.25) is 0 Å². The summed E-state index contributed by atoms with van der Waals surface area (Å²) in [7, 11) is 1.67. The average molecular weight is 229 g/mol. The molecule has 1 unspecified atom stereocenters. The monoisotopic (exact) mass is 229 g/mol. The zero-order chi connectivity index (χ0) is 12.3. The minimum atomic E-state index is 0.0793. The normalized spacial score (nSPS) is 18.8. The Labute approximate surface area is 101 Å². The lowest BCUT2D eigenvalue weighted by Gasteiger charge is -2.18. The summed E-state index contributed by atoms with van der Waals surface area (Å²) in [6.07, 6.45) is 0.889. The first-order chi connectivity index (χ1) is 8.24. The predicted molar refractivity (Wildman–Crippen MR) is 65.5 cm³/mol. The van der Waals surface area contributed by atoms with E-state index in [0.29, 0.717) is 5.56 Å². The molecule has 2 rings (SSSR count). The molecule has 88 valence electrons. The number of nitrogens with one attached hydrogen (secondary N) is 1. The van der Waals surface area contributed by atoms with Crippen LogP contribution in [0.4, 0.5) is 5.69 Å². The molecule has 1 atom stereocenters. The molecule has 1 saturated heterocycles. The molecule has 0 aromatic heterocycles. The van der Waals surface area contributed by atoms with Crippen LogP contribution >= 0.6 is 0 Å². The van der Waals surface area contributed by atoms with Crippen LogP contribution in [0.3, 0.4) is 0 Å². The minimum absolute atomic E-state index is 0.0793. The van der Waals surface area contributed by atoms with Gasteiger partial charge in [0.25, 0.3) is 0 Å². The van der Waals surface area contributed by atoms with Gasteiger partial charge in [0, 0.05) is 25.8 Å². The van der Waals surface area contributed by atoms with E-state index < -0.39 is 0 Å². The first-order valence-corrected chi connectivity index (χ1v) is 5.71. The first-order valence-electron chi connectivity index (χ1n) is 5.71. The van der Waals surface area contributed by atoms with E-state index in [1.54, 1.807) is 7.05 Å². The third-order valence-electron chi connectivity index (χ3n) is 3.17. The van der Waals surface area contributed by atoms with Gasteiger partial charge in [0.15, 0.2) is 0 Å². The van der Waals surface area contributed by atoms with Crippen molar-refractivity contribution in [2.24, 2.45) is 5.92 Å². The van der Waals surface area contributed by atoms with Crippen LogP contribution in [-0.4, -0.2) is 26.0 Å². The number of nitriles is 1. The summed E-state index contributed by atoms with van der Waals surface area (Å²) in [6, 6.07) is 9.59. The molecule has 1 aromatic carbocycles. The van der Waals surface area contributed by atoms with Crippen molar-refractivity contribution >= 4 is 11.6 Å². The summed E-state index contributed by atoms with van der Waals surface area (Å²) in [5.74, 6) is 0.191. The molecule has 1 amide bonds. The van der Waals surface area contributed by atoms with Gasteiger partial charge in [0.2, 0.25) is 5.91 Å². The number of amides is 1. The fourth-order valence-electron chi connectivity index (χ4n) is 2.16. The fraction of sp³-hybridized carbons (Fsp3) is 0.385. The van der Waals surface area contributed by atoms with E-state index in [2.05, 4.69) is 16.3 Å². The Morgan fingerprint density at radius 3 is 2.76 bits per heavy atom. The Morgan fingerprint density at radius 1 is 1.47 bits per heavy atom. The molecular weight excluding hydrogens is 214 g/mol. The standard InChI is InChI=1S/C13H15N3O/c1-15-13(17)11-6-7-16(9-11)12-4-2-10(8-14)3-5-12/h2-5,11H,6-7,9H2,1H3,(H,15,17). The molecule has 4 heteroatoms. The van der Waals surface area contributed by atoms with Gasteiger partial charge in [-0.15, -0.1) is 0 Å². The number of benzene rings is 1. The Hall–Kier alpha value is -2.02. The summed E-state index contributed by atoms with van der Waals surface area (Å²) >= 11 is 0. The minimum Gasteiger partial charge on any atom is -0.371 e. The lowest BCUT2D eigenvalue weighted by atomic mass is 10.1. The second-order valence-electron chi connectivity index (χ2n) is 4.20. The maximum atomic E-state index is 11.5. The molecule has 0 saturated carbocycles. The molecule has 0 spiro atoms. The molecule has 0 aliphatic carbocycles. The highest BCUT2D eigenvalue weighted by Gasteiger charge is 2.27. The van der Waals surface area contributed by atoms with Crippen molar-refractivity contribution in [1.29, 1.82) is 5.26 Å². The van der Waals surface area contributed by atoms with Crippen molar-refractivity contribution in [2.45, 2.75) is 6.42 Å². The second kappa shape index (κ2) is 4.88. The highest BCUT2D eigenvalue weighted by Crippen LogP contribution is 2.24. The molecule has 1 N–H and O–H groups in total. The van der Waals surface area contributed by atoms with E-state index >= 15 is 0 Å². The SMILES string of the molecule is CNC(=O)C1CCN(c2ccc(C#N)cc2)C1. The molecule has 1 aromatic rings. The maximum absolute atomic E-state index is 11.5. The smallest absolute Gasteiger partial charge is 0.224 e. The number of carbonyl (C=O) groups excluding carboxylic acids is 1. The van der Waals surface area contributed by atoms with Gasteiger partial charge in [0.1, 0.15) is 0 Å². The molecule has 0 radical (unpaired) electrons. The van der Waals surface area contributed by atoms with Crippen LogP contribution in [0.25, 0.3) is 0 Å². The fourth-order valence-corrected chi connectivity index (χ4v) is 2.16. The number of hydrogen-bond donors (Lipinski definition) is 1. The lowest BCUT2D eigenvalue weighted by Crippen LogP contribution is -2.30. The zero-order valence-corrected chi connectivity index (χ0v) is 9.81. The van der Waals surface area contributed by atoms with Crippen molar-refractivity contribution in [3.8, 4) is 6.07 Å². The molecule has 0 bridgehead atoms. The van der Waals surface area contributed by atoms with Gasteiger partial charge in [-0.2, -0.15) is 5.26 Å². The van der Waals surface area contributed by atoms with Gasteiger partial charge in [-0.25, -0.2) is 0 Å². The number of carbonyl (C=O) groups is 1. The van der Waals surface area contributed by atoms with Crippen LogP contribution in [0.1, 0.15) is 12.0 Å². The molecule has 17 heavy (non-hydrogen) atoms. The van der Waals surface area contributed by atoms with Crippen LogP contribution in [-0.2, 0) is 4.79 Å². The van der Waals surface area contributed by atoms with Crippen molar-refractivity contribution in [2.75, 3.05) is 25.0 Å². The number of nitrogens with zero attached hydrogens (tertiary/aromatic N) is 2. The van der Waals surface area contributed by atoms with Gasteiger partial charge in [0.05, 0.1) is 17.6 Å². The highest BCUT2D eigenvalue weighted by atomic mass is 16.1. The molecule has 1 heterocycles. The highest BCUT2D eigenvalue weighted by molar-refractivity contribution is 5.79. The topological polar surface area (TPSA) is 56.1 Å². The number of hydrogen-bond acceptors (Lipinski definition) is 3. The van der Waals surface area contributed by atoms with E-state index in [1.165, 1.54) is 0 Å². The summed E-state index contributed by atoms with van der Waals surface area (Å²) in [4.78, 5) is 13.7. The Bertz CT molecular complexity index is 447. The van der Waals surface area contributed by atoms with E-state index in [-0.39, 0.29) is 11.8 Å². The van der Waals surface area contributed by atoms with Crippen LogP contribution in [0.5, 0.6) is 0 Å². The quantitative estimate of drug-likeness (QED) is 0.827. The van der Waals surface area contributed by atoms with E-state index in [0.717, 1.165) is 25.2 Å². The average Bonchev–Trinajstić information content (AvgIpc) is 2.87. The third kappa shape index (κ3) is 2.39. The van der Waals surface area contributed by atoms with Crippen molar-refractivity contribution in [1.82, 2.24) is 5.32 Å². The first kappa shape index (κ1) is 11.5. The van der Waals surface area contributed by atoms with Gasteiger partial charge in [-0.05, 0) is 30.7 Å². The molecule has 1 aliphatic heterocycles. The summed E-state index contributed by atoms with van der Waals surface area (Å²) in [5, 5.41) is 11.4. The zero-order valence-electron chi connectivity index (χ0n) is 9.81. The van der Waals surface area contributed by atoms with Gasteiger partial charge in [-0.1, -0.05) is 0 Å². The summed E-state index contributed by atoms with van der Waals surface area (Å²) in [5.41, 5.74) is 1.74. The Balaban J connectivity index is 2.05. The Morgan fingerprint density at radius 2 is 2.18 bits per heavy atom. The molecule has 1 fully saturated rings. The molecule has 1 aliphatic rings. The largest absolute Gasteiger partial charge is 0.371 e. The van der Waals surface area contributed by atoms with E-state index in [9.17, 15) is 4.79 Å². The van der Waals surface area contributed by atoms with Crippen LogP contribution in [0, 0.1) is 17.2 Å². The van der Waals surface area contributed by atoms with E-state index in [1.807, 2.05) is 24.3 Å². The Kier molecular flexibility index (Phi) is 3.29. The maximum Gasteiger partial charge on any atom is 0.224 e. The van der Waals surface area contributed by atoms with Crippen molar-refractivity contribution < 1.29 is 4.79 Å². The van der Waals surface area contributed by atoms with Crippen molar-refractivity contribution in [3.63, 3.8) is 0 Å². The lowest BCUT2D eigenvalue weighted by molar-refractivity contribution is -0.123. The van der Waals surface area contributed by atoms with Crippen LogP contribution < -0.4 is 10.2 Å². The molecule has 4 nitrogen and oxygen atoms in total. The molecular formula is C13H15N3O. The summed E-state index contributed by atoms with van der Waals surface area (Å²) in [6.45, 7) is 1.65. The number of anilines is 1. The number of rotatable bonds is 2. The second-order valence-corrected chi connectivity index (χ2v) is 4.20. The third-order valence-corrected chi connectivity index (χ3v) is 3.17. The van der Waals surface area contributed by atoms with E-state index in [4.69, 9.17) is 5.26 Å². The summed E-state index contributed by atoms with van der Waals surface area (Å²) < 4.78 is 0. The van der Waals surface area contributed by atoms with Gasteiger partial charge < -0.3 is 10.2 Å². The van der Waals surface area contributed by atoms with Gasteiger partial charge in [-0.3, -0.25) is 4.79 Å². The predicted octanol–water partition coefficient (Wildman–Crippen LogP) is 1.13. The van der Waals surface area contributed by atoms with Gasteiger partial charge >= 0.3 is 0 Å². The van der Waals surface area contributed by atoms with Crippen molar-refractivity contribution in [3.05, 3.63) is 29.8 Å². The van der Waals surface area contributed by atoms with Crippen LogP contribution in [0.15, 0.2) is 24.3 Å².